The van der Waals surface area contributed by atoms with Crippen LogP contribution >= 0.6 is 33.9 Å². The number of nitrogens with two attached hydrogens (primary N) is 1. The van der Waals surface area contributed by atoms with Crippen LogP contribution in [0.25, 0.3) is 10.1 Å². The van der Waals surface area contributed by atoms with E-state index in [4.69, 9.17) is 10.8 Å². The van der Waals surface area contributed by atoms with Gasteiger partial charge in [-0.1, -0.05) is 0 Å². The van der Waals surface area contributed by atoms with Crippen LogP contribution in [0.3, 0.4) is 0 Å². The number of carbonyl (C=O) groups is 1. The molecule has 72 valence electrons. The summed E-state index contributed by atoms with van der Waals surface area (Å²) in [5, 5.41) is 11.7. The van der Waals surface area contributed by atoms with Crippen molar-refractivity contribution in [1.82, 2.24) is 0 Å². The molecule has 1 aromatic carbocycles. The van der Waals surface area contributed by atoms with Gasteiger partial charge < -0.3 is 10.8 Å². The highest BCUT2D eigenvalue weighted by molar-refractivity contribution is 14.1. The van der Waals surface area contributed by atoms with Crippen molar-refractivity contribution in [2.45, 2.75) is 0 Å². The highest BCUT2D eigenvalue weighted by atomic mass is 127. The minimum Gasteiger partial charge on any atom is -0.478 e. The molecule has 0 fully saturated rings. The van der Waals surface area contributed by atoms with Crippen LogP contribution in [0, 0.1) is 3.57 Å². The number of carboxylic acids is 1. The Kier molecular flexibility index (Phi) is 2.36. The number of halogens is 1. The summed E-state index contributed by atoms with van der Waals surface area (Å²) in [4.78, 5) is 11.0. The SMILES string of the molecule is Nc1cc2sccc2c(C(=O)O)c1I. The van der Waals surface area contributed by atoms with Crippen LogP contribution in [0.4, 0.5) is 5.69 Å². The van der Waals surface area contributed by atoms with Gasteiger partial charge in [-0.3, -0.25) is 0 Å². The molecular formula is C9H6INO2S. The van der Waals surface area contributed by atoms with Crippen LogP contribution in [0.15, 0.2) is 17.5 Å². The summed E-state index contributed by atoms with van der Waals surface area (Å²) in [6.45, 7) is 0. The molecule has 0 aliphatic carbocycles. The van der Waals surface area contributed by atoms with Crippen molar-refractivity contribution >= 4 is 55.7 Å². The van der Waals surface area contributed by atoms with Crippen LogP contribution in [0.5, 0.6) is 0 Å². The zero-order valence-corrected chi connectivity index (χ0v) is 9.93. The number of anilines is 1. The molecule has 0 spiro atoms. The number of nitrogen functional groups attached to an aromatic ring is 1. The summed E-state index contributed by atoms with van der Waals surface area (Å²) < 4.78 is 1.53. The highest BCUT2D eigenvalue weighted by Crippen LogP contribution is 2.32. The van der Waals surface area contributed by atoms with Crippen molar-refractivity contribution < 1.29 is 9.90 Å². The molecule has 3 N–H and O–H groups in total. The number of aromatic carboxylic acids is 1. The van der Waals surface area contributed by atoms with Gasteiger partial charge in [0.1, 0.15) is 0 Å². The molecule has 0 saturated carbocycles. The number of hydrogen-bond acceptors (Lipinski definition) is 3. The fraction of sp³-hybridized carbons (Fsp3) is 0. The van der Waals surface area contributed by atoms with E-state index in [1.54, 1.807) is 0 Å². The van der Waals surface area contributed by atoms with E-state index in [0.717, 1.165) is 10.1 Å². The van der Waals surface area contributed by atoms with Crippen LogP contribution in [-0.4, -0.2) is 11.1 Å². The van der Waals surface area contributed by atoms with E-state index in [9.17, 15) is 4.79 Å². The predicted molar refractivity (Wildman–Crippen MR) is 65.9 cm³/mol. The summed E-state index contributed by atoms with van der Waals surface area (Å²) in [6, 6.07) is 3.62. The van der Waals surface area contributed by atoms with E-state index in [-0.39, 0.29) is 0 Å². The van der Waals surface area contributed by atoms with Gasteiger partial charge in [-0.05, 0) is 40.1 Å². The number of thiophene rings is 1. The van der Waals surface area contributed by atoms with Gasteiger partial charge in [0.05, 0.1) is 9.13 Å². The van der Waals surface area contributed by atoms with Crippen LogP contribution in [-0.2, 0) is 0 Å². The van der Waals surface area contributed by atoms with Crippen LogP contribution in [0.1, 0.15) is 10.4 Å². The first-order chi connectivity index (χ1) is 6.61. The van der Waals surface area contributed by atoms with Gasteiger partial charge in [0, 0.05) is 15.8 Å². The van der Waals surface area contributed by atoms with E-state index in [1.807, 2.05) is 40.1 Å². The number of carboxylic acid groups (broad SMARTS) is 1. The molecule has 0 unspecified atom stereocenters. The molecule has 3 nitrogen and oxygen atoms in total. The van der Waals surface area contributed by atoms with Crippen LogP contribution in [0.2, 0.25) is 0 Å². The molecule has 2 rings (SSSR count). The summed E-state index contributed by atoms with van der Waals surface area (Å²) in [7, 11) is 0. The van der Waals surface area contributed by atoms with Crippen molar-refractivity contribution in [1.29, 1.82) is 0 Å². The summed E-state index contributed by atoms with van der Waals surface area (Å²) in [5.74, 6) is -0.926. The van der Waals surface area contributed by atoms with Crippen molar-refractivity contribution in [2.24, 2.45) is 0 Å². The topological polar surface area (TPSA) is 63.3 Å². The zero-order valence-electron chi connectivity index (χ0n) is 6.95. The zero-order chi connectivity index (χ0) is 10.3. The summed E-state index contributed by atoms with van der Waals surface area (Å²) >= 11 is 3.46. The molecule has 1 aromatic heterocycles. The maximum absolute atomic E-state index is 11.0. The van der Waals surface area contributed by atoms with Gasteiger partial charge in [0.25, 0.3) is 0 Å². The Morgan fingerprint density at radius 1 is 1.57 bits per heavy atom. The lowest BCUT2D eigenvalue weighted by Crippen LogP contribution is -2.03. The highest BCUT2D eigenvalue weighted by Gasteiger charge is 2.16. The molecule has 2 aromatic rings. The Morgan fingerprint density at radius 3 is 2.93 bits per heavy atom. The number of benzene rings is 1. The first-order valence-corrected chi connectivity index (χ1v) is 5.75. The van der Waals surface area contributed by atoms with Crippen LogP contribution < -0.4 is 5.73 Å². The van der Waals surface area contributed by atoms with Gasteiger partial charge >= 0.3 is 5.97 Å². The van der Waals surface area contributed by atoms with E-state index in [0.29, 0.717) is 14.8 Å². The summed E-state index contributed by atoms with van der Waals surface area (Å²) in [6.07, 6.45) is 0. The van der Waals surface area contributed by atoms with Gasteiger partial charge in [0.15, 0.2) is 0 Å². The first-order valence-electron chi connectivity index (χ1n) is 3.79. The molecule has 0 aliphatic rings. The molecule has 0 radical (unpaired) electrons. The maximum Gasteiger partial charge on any atom is 0.337 e. The third-order valence-corrected chi connectivity index (χ3v) is 3.96. The lowest BCUT2D eigenvalue weighted by atomic mass is 10.1. The molecule has 0 aliphatic heterocycles. The average molecular weight is 319 g/mol. The van der Waals surface area contributed by atoms with Gasteiger partial charge in [-0.2, -0.15) is 0 Å². The summed E-state index contributed by atoms with van der Waals surface area (Å²) in [5.41, 5.74) is 6.55. The molecule has 0 bridgehead atoms. The normalized spacial score (nSPS) is 10.6. The van der Waals surface area contributed by atoms with Crippen molar-refractivity contribution in [3.63, 3.8) is 0 Å². The molecule has 0 saturated heterocycles. The fourth-order valence-electron chi connectivity index (χ4n) is 1.32. The lowest BCUT2D eigenvalue weighted by molar-refractivity contribution is 0.0698. The Hall–Kier alpha value is -0.820. The third-order valence-electron chi connectivity index (χ3n) is 1.94. The predicted octanol–water partition coefficient (Wildman–Crippen LogP) is 2.79. The molecule has 14 heavy (non-hydrogen) atoms. The average Bonchev–Trinajstić information content (AvgIpc) is 2.52. The van der Waals surface area contributed by atoms with Crippen molar-refractivity contribution in [3.05, 3.63) is 26.6 Å². The minimum atomic E-state index is -0.926. The third kappa shape index (κ3) is 1.36. The number of rotatable bonds is 1. The molecule has 1 heterocycles. The Labute approximate surface area is 97.7 Å². The Bertz CT molecular complexity index is 521. The second kappa shape index (κ2) is 3.39. The Balaban J connectivity index is 2.93. The monoisotopic (exact) mass is 319 g/mol. The standard InChI is InChI=1S/C9H6INO2S/c10-8-5(11)3-6-4(1-2-14-6)7(8)9(12)13/h1-3H,11H2,(H,12,13). The molecule has 0 amide bonds. The minimum absolute atomic E-state index is 0.307. The maximum atomic E-state index is 11.0. The molecule has 0 atom stereocenters. The second-order valence-electron chi connectivity index (χ2n) is 2.79. The second-order valence-corrected chi connectivity index (χ2v) is 4.82. The number of hydrogen-bond donors (Lipinski definition) is 2. The molecular weight excluding hydrogens is 313 g/mol. The largest absolute Gasteiger partial charge is 0.478 e. The van der Waals surface area contributed by atoms with E-state index in [2.05, 4.69) is 0 Å². The first kappa shape index (κ1) is 9.72. The van der Waals surface area contributed by atoms with E-state index in [1.165, 1.54) is 11.3 Å². The smallest absolute Gasteiger partial charge is 0.337 e. The lowest BCUT2D eigenvalue weighted by Gasteiger charge is -2.04. The van der Waals surface area contributed by atoms with E-state index < -0.39 is 5.97 Å². The Morgan fingerprint density at radius 2 is 2.29 bits per heavy atom. The fourth-order valence-corrected chi connectivity index (χ4v) is 2.84. The van der Waals surface area contributed by atoms with Gasteiger partial charge in [0.2, 0.25) is 0 Å². The van der Waals surface area contributed by atoms with Crippen molar-refractivity contribution in [2.75, 3.05) is 5.73 Å². The van der Waals surface area contributed by atoms with E-state index >= 15 is 0 Å². The quantitative estimate of drug-likeness (QED) is 0.627. The van der Waals surface area contributed by atoms with Crippen molar-refractivity contribution in [3.8, 4) is 0 Å². The van der Waals surface area contributed by atoms with Gasteiger partial charge in [-0.25, -0.2) is 4.79 Å². The van der Waals surface area contributed by atoms with Gasteiger partial charge in [-0.15, -0.1) is 11.3 Å². The molecule has 5 heteroatoms. The number of fused-ring (bicyclic) bond motifs is 1.